The van der Waals surface area contributed by atoms with Crippen molar-refractivity contribution < 1.29 is 4.74 Å². The second-order valence-electron chi connectivity index (χ2n) is 6.41. The van der Waals surface area contributed by atoms with Crippen LogP contribution in [0.5, 0.6) is 0 Å². The molecule has 0 radical (unpaired) electrons. The van der Waals surface area contributed by atoms with E-state index < -0.39 is 0 Å². The van der Waals surface area contributed by atoms with Gasteiger partial charge in [-0.05, 0) is 37.1 Å². The molecule has 0 aliphatic carbocycles. The van der Waals surface area contributed by atoms with Gasteiger partial charge in [-0.1, -0.05) is 48.5 Å². The van der Waals surface area contributed by atoms with E-state index in [1.807, 2.05) is 11.8 Å². The Morgan fingerprint density at radius 2 is 1.61 bits per heavy atom. The lowest BCUT2D eigenvalue weighted by atomic mass is 10.1. The molecule has 0 spiro atoms. The summed E-state index contributed by atoms with van der Waals surface area (Å²) in [4.78, 5) is 4.02. The van der Waals surface area contributed by atoms with E-state index in [2.05, 4.69) is 65.6 Å². The first-order valence-corrected chi connectivity index (χ1v) is 9.39. The molecule has 3 atom stereocenters. The summed E-state index contributed by atoms with van der Waals surface area (Å²) in [6.45, 7) is 3.15. The van der Waals surface area contributed by atoms with Crippen molar-refractivity contribution in [1.29, 1.82) is 0 Å². The molecule has 2 saturated heterocycles. The third-order valence-electron chi connectivity index (χ3n) is 4.92. The van der Waals surface area contributed by atoms with E-state index in [-0.39, 0.29) is 0 Å². The number of thioether (sulfide) groups is 1. The second kappa shape index (κ2) is 7.08. The summed E-state index contributed by atoms with van der Waals surface area (Å²) < 4.78 is 6.32. The fourth-order valence-corrected chi connectivity index (χ4v) is 5.18. The van der Waals surface area contributed by atoms with Crippen molar-refractivity contribution in [3.63, 3.8) is 0 Å². The SMILES string of the molecule is c1ccc(CO[C@H]2CCN3CC[C@H](Sc4ccccc4)[C@@H]23)cc1. The van der Waals surface area contributed by atoms with Gasteiger partial charge in [0, 0.05) is 22.7 Å². The largest absolute Gasteiger partial charge is 0.372 e. The van der Waals surface area contributed by atoms with E-state index >= 15 is 0 Å². The molecule has 0 amide bonds. The lowest BCUT2D eigenvalue weighted by Crippen LogP contribution is -2.36. The molecule has 0 unspecified atom stereocenters. The van der Waals surface area contributed by atoms with Gasteiger partial charge in [-0.15, -0.1) is 11.8 Å². The highest BCUT2D eigenvalue weighted by atomic mass is 32.2. The Morgan fingerprint density at radius 3 is 2.39 bits per heavy atom. The van der Waals surface area contributed by atoms with E-state index in [1.54, 1.807) is 0 Å². The Kier molecular flexibility index (Phi) is 4.69. The topological polar surface area (TPSA) is 12.5 Å². The zero-order valence-corrected chi connectivity index (χ0v) is 14.1. The maximum absolute atomic E-state index is 6.32. The first kappa shape index (κ1) is 15.3. The molecule has 23 heavy (non-hydrogen) atoms. The molecule has 2 nitrogen and oxygen atoms in total. The molecule has 0 N–H and O–H groups in total. The van der Waals surface area contributed by atoms with Crippen LogP contribution in [0.1, 0.15) is 18.4 Å². The monoisotopic (exact) mass is 325 g/mol. The van der Waals surface area contributed by atoms with Crippen LogP contribution in [0.15, 0.2) is 65.6 Å². The van der Waals surface area contributed by atoms with E-state index in [4.69, 9.17) is 4.74 Å². The molecule has 4 rings (SSSR count). The van der Waals surface area contributed by atoms with Crippen molar-refractivity contribution in [2.24, 2.45) is 0 Å². The van der Waals surface area contributed by atoms with Crippen LogP contribution in [-0.4, -0.2) is 35.4 Å². The van der Waals surface area contributed by atoms with Crippen LogP contribution < -0.4 is 0 Å². The van der Waals surface area contributed by atoms with Crippen molar-refractivity contribution in [2.45, 2.75) is 41.7 Å². The summed E-state index contributed by atoms with van der Waals surface area (Å²) in [5.41, 5.74) is 1.27. The molecule has 0 bridgehead atoms. The van der Waals surface area contributed by atoms with Crippen LogP contribution in [0.2, 0.25) is 0 Å². The second-order valence-corrected chi connectivity index (χ2v) is 7.72. The first-order chi connectivity index (χ1) is 11.4. The van der Waals surface area contributed by atoms with Gasteiger partial charge in [0.2, 0.25) is 0 Å². The minimum atomic E-state index is 0.374. The molecule has 2 aromatic carbocycles. The molecule has 2 fully saturated rings. The van der Waals surface area contributed by atoms with E-state index in [0.717, 1.165) is 6.61 Å². The summed E-state index contributed by atoms with van der Waals surface area (Å²) in [5, 5.41) is 0.653. The Bertz CT molecular complexity index is 618. The highest BCUT2D eigenvalue weighted by Gasteiger charge is 2.44. The van der Waals surface area contributed by atoms with Crippen LogP contribution in [0.3, 0.4) is 0 Å². The Balaban J connectivity index is 1.40. The number of ether oxygens (including phenoxy) is 1. The highest BCUT2D eigenvalue weighted by molar-refractivity contribution is 8.00. The van der Waals surface area contributed by atoms with Crippen molar-refractivity contribution in [3.8, 4) is 0 Å². The maximum Gasteiger partial charge on any atom is 0.0757 e. The first-order valence-electron chi connectivity index (χ1n) is 8.51. The van der Waals surface area contributed by atoms with Gasteiger partial charge < -0.3 is 4.74 Å². The lowest BCUT2D eigenvalue weighted by molar-refractivity contribution is 0.0245. The molecule has 2 aromatic rings. The molecule has 0 aromatic heterocycles. The highest BCUT2D eigenvalue weighted by Crippen LogP contribution is 2.40. The van der Waals surface area contributed by atoms with E-state index in [0.29, 0.717) is 17.4 Å². The average Bonchev–Trinajstić information content (AvgIpc) is 3.18. The molecule has 120 valence electrons. The van der Waals surface area contributed by atoms with Gasteiger partial charge in [0.1, 0.15) is 0 Å². The van der Waals surface area contributed by atoms with E-state index in [1.165, 1.54) is 36.4 Å². The molecule has 3 heteroatoms. The van der Waals surface area contributed by atoms with Crippen molar-refractivity contribution in [3.05, 3.63) is 66.2 Å². The molecular formula is C20H23NOS. The number of hydrogen-bond acceptors (Lipinski definition) is 3. The summed E-state index contributed by atoms with van der Waals surface area (Å²) in [5.74, 6) is 0. The van der Waals surface area contributed by atoms with Gasteiger partial charge in [-0.2, -0.15) is 0 Å². The lowest BCUT2D eigenvalue weighted by Gasteiger charge is -2.26. The smallest absolute Gasteiger partial charge is 0.0757 e. The van der Waals surface area contributed by atoms with Gasteiger partial charge in [0.25, 0.3) is 0 Å². The van der Waals surface area contributed by atoms with Gasteiger partial charge in [-0.25, -0.2) is 0 Å². The van der Waals surface area contributed by atoms with Crippen molar-refractivity contribution in [2.75, 3.05) is 13.1 Å². The summed E-state index contributed by atoms with van der Waals surface area (Å²) in [7, 11) is 0. The standard InChI is InChI=1S/C20H23NOS/c1-3-7-16(8-4-1)15-22-18-11-13-21-14-12-19(20(18)21)23-17-9-5-2-6-10-17/h1-10,18-20H,11-15H2/t18-,19-,20+/m0/s1. The molecule has 2 aliphatic rings. The number of fused-ring (bicyclic) bond motifs is 1. The predicted octanol–water partition coefficient (Wildman–Crippen LogP) is 4.21. The summed E-state index contributed by atoms with van der Waals surface area (Å²) in [6, 6.07) is 21.9. The molecule has 0 saturated carbocycles. The normalized spacial score (nSPS) is 27.2. The third-order valence-corrected chi connectivity index (χ3v) is 6.28. The van der Waals surface area contributed by atoms with Gasteiger partial charge >= 0.3 is 0 Å². The fourth-order valence-electron chi connectivity index (χ4n) is 3.81. The third kappa shape index (κ3) is 3.47. The Morgan fingerprint density at radius 1 is 0.913 bits per heavy atom. The molecule has 2 aliphatic heterocycles. The summed E-state index contributed by atoms with van der Waals surface area (Å²) >= 11 is 2.03. The molecular weight excluding hydrogens is 302 g/mol. The fraction of sp³-hybridized carbons (Fsp3) is 0.400. The predicted molar refractivity (Wildman–Crippen MR) is 95.7 cm³/mol. The zero-order valence-electron chi connectivity index (χ0n) is 13.3. The maximum atomic E-state index is 6.32. The minimum Gasteiger partial charge on any atom is -0.372 e. The van der Waals surface area contributed by atoms with E-state index in [9.17, 15) is 0 Å². The van der Waals surface area contributed by atoms with Crippen LogP contribution in [0.4, 0.5) is 0 Å². The van der Waals surface area contributed by atoms with Crippen molar-refractivity contribution >= 4 is 11.8 Å². The molecule has 2 heterocycles. The summed E-state index contributed by atoms with van der Waals surface area (Å²) in [6.07, 6.45) is 2.82. The number of benzene rings is 2. The number of rotatable bonds is 5. The number of nitrogens with zero attached hydrogens (tertiary/aromatic N) is 1. The average molecular weight is 325 g/mol. The van der Waals surface area contributed by atoms with Crippen LogP contribution in [0, 0.1) is 0 Å². The Labute approximate surface area is 142 Å². The quantitative estimate of drug-likeness (QED) is 0.817. The Hall–Kier alpha value is -1.29. The van der Waals surface area contributed by atoms with Gasteiger partial charge in [0.15, 0.2) is 0 Å². The van der Waals surface area contributed by atoms with Crippen LogP contribution >= 0.6 is 11.8 Å². The van der Waals surface area contributed by atoms with Gasteiger partial charge in [-0.3, -0.25) is 4.90 Å². The number of hydrogen-bond donors (Lipinski definition) is 0. The van der Waals surface area contributed by atoms with Crippen molar-refractivity contribution in [1.82, 2.24) is 4.90 Å². The zero-order chi connectivity index (χ0) is 15.5. The van der Waals surface area contributed by atoms with Crippen LogP contribution in [-0.2, 0) is 11.3 Å². The minimum absolute atomic E-state index is 0.374. The van der Waals surface area contributed by atoms with Crippen LogP contribution in [0.25, 0.3) is 0 Å². The van der Waals surface area contributed by atoms with Gasteiger partial charge in [0.05, 0.1) is 12.7 Å².